The number of aromatic nitrogens is 5. The van der Waals surface area contributed by atoms with Gasteiger partial charge in [0.25, 0.3) is 0 Å². The van der Waals surface area contributed by atoms with Crippen molar-refractivity contribution < 1.29 is 4.79 Å². The zero-order valence-corrected chi connectivity index (χ0v) is 15.7. The fourth-order valence-corrected chi connectivity index (χ4v) is 4.08. The normalized spacial score (nSPS) is 17.2. The second kappa shape index (κ2) is 6.70. The summed E-state index contributed by atoms with van der Waals surface area (Å²) in [4.78, 5) is 34.3. The summed E-state index contributed by atoms with van der Waals surface area (Å²) in [6.07, 6.45) is 13.4. The first-order valence-electron chi connectivity index (χ1n) is 9.57. The zero-order chi connectivity index (χ0) is 19.1. The SMILES string of the molecule is CN1C(=O)CN(C2CCCC2)c2nc(-n3ccnc3-c3ccncc3)ncc21. The van der Waals surface area contributed by atoms with Crippen LogP contribution in [0.4, 0.5) is 11.5 Å². The number of pyridine rings is 1. The van der Waals surface area contributed by atoms with Crippen LogP contribution in [-0.2, 0) is 4.79 Å². The predicted molar refractivity (Wildman–Crippen MR) is 105 cm³/mol. The van der Waals surface area contributed by atoms with Gasteiger partial charge in [0, 0.05) is 43.4 Å². The van der Waals surface area contributed by atoms with Gasteiger partial charge in [0.1, 0.15) is 11.5 Å². The number of hydrogen-bond acceptors (Lipinski definition) is 6. The Hall–Kier alpha value is -3.29. The van der Waals surface area contributed by atoms with E-state index >= 15 is 0 Å². The summed E-state index contributed by atoms with van der Waals surface area (Å²) in [5.74, 6) is 2.22. The predicted octanol–water partition coefficient (Wildman–Crippen LogP) is 2.45. The Morgan fingerprint density at radius 3 is 2.64 bits per heavy atom. The van der Waals surface area contributed by atoms with Crippen LogP contribution in [0.15, 0.2) is 43.1 Å². The molecule has 0 N–H and O–H groups in total. The van der Waals surface area contributed by atoms with E-state index in [0.29, 0.717) is 18.5 Å². The highest BCUT2D eigenvalue weighted by Gasteiger charge is 2.34. The first kappa shape index (κ1) is 16.9. The van der Waals surface area contributed by atoms with Crippen molar-refractivity contribution in [2.75, 3.05) is 23.4 Å². The fourth-order valence-electron chi connectivity index (χ4n) is 4.08. The molecule has 1 aliphatic heterocycles. The molecular weight excluding hydrogens is 354 g/mol. The lowest BCUT2D eigenvalue weighted by molar-refractivity contribution is -0.117. The molecule has 142 valence electrons. The first-order chi connectivity index (χ1) is 13.7. The van der Waals surface area contributed by atoms with Gasteiger partial charge in [-0.1, -0.05) is 12.8 Å². The topological polar surface area (TPSA) is 80.0 Å². The Labute approximate surface area is 162 Å². The van der Waals surface area contributed by atoms with Crippen LogP contribution in [0.25, 0.3) is 17.3 Å². The highest BCUT2D eigenvalue weighted by atomic mass is 16.2. The first-order valence-corrected chi connectivity index (χ1v) is 9.57. The summed E-state index contributed by atoms with van der Waals surface area (Å²) in [6.45, 7) is 0.367. The van der Waals surface area contributed by atoms with Crippen LogP contribution in [-0.4, -0.2) is 50.0 Å². The molecule has 0 aromatic carbocycles. The van der Waals surface area contributed by atoms with Gasteiger partial charge in [0.2, 0.25) is 11.9 Å². The van der Waals surface area contributed by atoms with Crippen molar-refractivity contribution >= 4 is 17.4 Å². The summed E-state index contributed by atoms with van der Waals surface area (Å²) < 4.78 is 1.87. The van der Waals surface area contributed by atoms with E-state index in [1.165, 1.54) is 12.8 Å². The number of carbonyl (C=O) groups excluding carboxylic acids is 1. The van der Waals surface area contributed by atoms with E-state index in [0.717, 1.165) is 35.7 Å². The van der Waals surface area contributed by atoms with Gasteiger partial charge in [-0.2, -0.15) is 4.98 Å². The number of likely N-dealkylation sites (N-methyl/N-ethyl adjacent to an activating group) is 1. The summed E-state index contributed by atoms with van der Waals surface area (Å²) in [5.41, 5.74) is 1.71. The minimum Gasteiger partial charge on any atom is -0.342 e. The van der Waals surface area contributed by atoms with E-state index in [4.69, 9.17) is 4.98 Å². The van der Waals surface area contributed by atoms with Gasteiger partial charge in [0.05, 0.1) is 12.7 Å². The van der Waals surface area contributed by atoms with E-state index in [2.05, 4.69) is 19.9 Å². The van der Waals surface area contributed by atoms with Gasteiger partial charge in [-0.15, -0.1) is 0 Å². The van der Waals surface area contributed by atoms with Gasteiger partial charge in [-0.05, 0) is 25.0 Å². The van der Waals surface area contributed by atoms with Crippen molar-refractivity contribution in [2.45, 2.75) is 31.7 Å². The molecule has 2 aliphatic rings. The van der Waals surface area contributed by atoms with Crippen LogP contribution in [0, 0.1) is 0 Å². The Balaban J connectivity index is 1.60. The Kier molecular flexibility index (Phi) is 4.03. The Morgan fingerprint density at radius 2 is 1.86 bits per heavy atom. The van der Waals surface area contributed by atoms with Crippen LogP contribution in [0.5, 0.6) is 0 Å². The molecule has 3 aromatic rings. The molecule has 8 heteroatoms. The van der Waals surface area contributed by atoms with E-state index in [-0.39, 0.29) is 5.91 Å². The molecule has 0 atom stereocenters. The third kappa shape index (κ3) is 2.72. The number of anilines is 2. The molecule has 8 nitrogen and oxygen atoms in total. The Bertz CT molecular complexity index is 1010. The smallest absolute Gasteiger partial charge is 0.246 e. The molecule has 0 radical (unpaired) electrons. The summed E-state index contributed by atoms with van der Waals surface area (Å²) in [6, 6.07) is 4.19. The lowest BCUT2D eigenvalue weighted by Gasteiger charge is -2.37. The minimum absolute atomic E-state index is 0.0795. The van der Waals surface area contributed by atoms with Crippen molar-refractivity contribution in [1.82, 2.24) is 24.5 Å². The van der Waals surface area contributed by atoms with Gasteiger partial charge >= 0.3 is 0 Å². The number of hydrogen-bond donors (Lipinski definition) is 0. The second-order valence-electron chi connectivity index (χ2n) is 7.25. The van der Waals surface area contributed by atoms with Crippen molar-refractivity contribution in [1.29, 1.82) is 0 Å². The maximum absolute atomic E-state index is 12.5. The van der Waals surface area contributed by atoms with Crippen LogP contribution >= 0.6 is 0 Å². The average molecular weight is 375 g/mol. The molecule has 0 unspecified atom stereocenters. The average Bonchev–Trinajstić information content (AvgIpc) is 3.43. The highest BCUT2D eigenvalue weighted by molar-refractivity contribution is 6.01. The van der Waals surface area contributed by atoms with E-state index in [1.807, 2.05) is 22.9 Å². The number of nitrogens with zero attached hydrogens (tertiary/aromatic N) is 7. The molecule has 5 rings (SSSR count). The molecule has 4 heterocycles. The molecule has 0 saturated heterocycles. The van der Waals surface area contributed by atoms with Crippen molar-refractivity contribution in [3.63, 3.8) is 0 Å². The summed E-state index contributed by atoms with van der Waals surface area (Å²) in [5, 5.41) is 0. The van der Waals surface area contributed by atoms with Crippen LogP contribution in [0.1, 0.15) is 25.7 Å². The number of imidazole rings is 1. The maximum atomic E-state index is 12.5. The number of fused-ring (bicyclic) bond motifs is 1. The number of amides is 1. The molecule has 1 fully saturated rings. The van der Waals surface area contributed by atoms with E-state index in [9.17, 15) is 4.79 Å². The fraction of sp³-hybridized carbons (Fsp3) is 0.350. The maximum Gasteiger partial charge on any atom is 0.246 e. The van der Waals surface area contributed by atoms with E-state index in [1.54, 1.807) is 36.7 Å². The third-order valence-corrected chi connectivity index (χ3v) is 5.61. The molecule has 1 amide bonds. The largest absolute Gasteiger partial charge is 0.342 e. The summed E-state index contributed by atoms with van der Waals surface area (Å²) in [7, 11) is 1.79. The van der Waals surface area contributed by atoms with Crippen molar-refractivity contribution in [3.8, 4) is 17.3 Å². The number of rotatable bonds is 3. The molecule has 0 bridgehead atoms. The second-order valence-corrected chi connectivity index (χ2v) is 7.25. The number of carbonyl (C=O) groups is 1. The lowest BCUT2D eigenvalue weighted by Crippen LogP contribution is -2.48. The summed E-state index contributed by atoms with van der Waals surface area (Å²) >= 11 is 0. The van der Waals surface area contributed by atoms with Gasteiger partial charge in [0.15, 0.2) is 5.82 Å². The van der Waals surface area contributed by atoms with Crippen LogP contribution < -0.4 is 9.80 Å². The molecule has 1 saturated carbocycles. The quantitative estimate of drug-likeness (QED) is 0.700. The standard InChI is InChI=1S/C20H21N7O/c1-25-16-12-23-20(26-11-10-22-18(26)14-6-8-21-9-7-14)24-19(16)27(13-17(25)28)15-4-2-3-5-15/h6-12,15H,2-5,13H2,1H3. The van der Waals surface area contributed by atoms with Gasteiger partial charge in [-0.25, -0.2) is 9.97 Å². The highest BCUT2D eigenvalue weighted by Crippen LogP contribution is 2.36. The van der Waals surface area contributed by atoms with E-state index < -0.39 is 0 Å². The van der Waals surface area contributed by atoms with Gasteiger partial charge in [-0.3, -0.25) is 14.3 Å². The van der Waals surface area contributed by atoms with Crippen molar-refractivity contribution in [3.05, 3.63) is 43.1 Å². The van der Waals surface area contributed by atoms with Crippen LogP contribution in [0.3, 0.4) is 0 Å². The minimum atomic E-state index is 0.0795. The molecule has 1 aliphatic carbocycles. The molecule has 3 aromatic heterocycles. The molecule has 0 spiro atoms. The van der Waals surface area contributed by atoms with Crippen molar-refractivity contribution in [2.24, 2.45) is 0 Å². The molecular formula is C20H21N7O. The third-order valence-electron chi connectivity index (χ3n) is 5.61. The lowest BCUT2D eigenvalue weighted by atomic mass is 10.1. The molecule has 28 heavy (non-hydrogen) atoms. The zero-order valence-electron chi connectivity index (χ0n) is 15.7. The Morgan fingerprint density at radius 1 is 1.07 bits per heavy atom. The van der Waals surface area contributed by atoms with Gasteiger partial charge < -0.3 is 9.80 Å². The van der Waals surface area contributed by atoms with Crippen LogP contribution in [0.2, 0.25) is 0 Å². The monoisotopic (exact) mass is 375 g/mol.